The highest BCUT2D eigenvalue weighted by Crippen LogP contribution is 2.20. The smallest absolute Gasteiger partial charge is 0.224 e. The van der Waals surface area contributed by atoms with Crippen molar-refractivity contribution < 1.29 is 9.59 Å². The van der Waals surface area contributed by atoms with Gasteiger partial charge in [-0.1, -0.05) is 44.2 Å². The number of hydrogen-bond acceptors (Lipinski definition) is 3. The minimum atomic E-state index is -0.264. The van der Waals surface area contributed by atoms with Crippen molar-refractivity contribution in [1.29, 1.82) is 0 Å². The maximum atomic E-state index is 12.5. The van der Waals surface area contributed by atoms with E-state index in [0.717, 1.165) is 24.9 Å². The van der Waals surface area contributed by atoms with Crippen LogP contribution in [0.5, 0.6) is 0 Å². The first-order valence-corrected chi connectivity index (χ1v) is 8.83. The van der Waals surface area contributed by atoms with Crippen molar-refractivity contribution in [2.45, 2.75) is 39.2 Å². The third kappa shape index (κ3) is 5.34. The summed E-state index contributed by atoms with van der Waals surface area (Å²) in [5, 5.41) is 2.98. The molecule has 2 amide bonds. The molecule has 1 aromatic rings. The average molecular weight is 331 g/mol. The van der Waals surface area contributed by atoms with Gasteiger partial charge in [-0.2, -0.15) is 0 Å². The molecule has 1 saturated heterocycles. The molecule has 132 valence electrons. The number of nitrogens with one attached hydrogen (secondary N) is 1. The molecular weight excluding hydrogens is 302 g/mol. The highest BCUT2D eigenvalue weighted by molar-refractivity contribution is 5.78. The molecule has 3 N–H and O–H groups in total. The Kier molecular flexibility index (Phi) is 6.79. The third-order valence-electron chi connectivity index (χ3n) is 4.58. The predicted molar refractivity (Wildman–Crippen MR) is 95.1 cm³/mol. The zero-order valence-electron chi connectivity index (χ0n) is 14.7. The van der Waals surface area contributed by atoms with Gasteiger partial charge in [-0.15, -0.1) is 0 Å². The maximum Gasteiger partial charge on any atom is 0.224 e. The van der Waals surface area contributed by atoms with Crippen LogP contribution < -0.4 is 11.1 Å². The topological polar surface area (TPSA) is 75.4 Å². The Morgan fingerprint density at radius 3 is 2.67 bits per heavy atom. The molecule has 24 heavy (non-hydrogen) atoms. The Balaban J connectivity index is 1.82. The van der Waals surface area contributed by atoms with E-state index < -0.39 is 0 Å². The number of likely N-dealkylation sites (tertiary alicyclic amines) is 1. The number of benzene rings is 1. The first kappa shape index (κ1) is 18.5. The second-order valence-electron chi connectivity index (χ2n) is 6.97. The van der Waals surface area contributed by atoms with E-state index >= 15 is 0 Å². The molecule has 2 rings (SSSR count). The minimum absolute atomic E-state index is 0.00445. The van der Waals surface area contributed by atoms with Gasteiger partial charge in [0, 0.05) is 38.0 Å². The molecule has 0 aliphatic carbocycles. The highest BCUT2D eigenvalue weighted by Gasteiger charge is 2.25. The SMILES string of the molecule is CC(C)C(=O)NCC1CCCN(C(=O)CC(N)c2ccccc2)C1. The molecule has 1 aliphatic rings. The fourth-order valence-corrected chi connectivity index (χ4v) is 3.04. The summed E-state index contributed by atoms with van der Waals surface area (Å²) in [6, 6.07) is 9.47. The molecule has 2 unspecified atom stereocenters. The summed E-state index contributed by atoms with van der Waals surface area (Å²) in [7, 11) is 0. The van der Waals surface area contributed by atoms with E-state index in [2.05, 4.69) is 5.32 Å². The largest absolute Gasteiger partial charge is 0.356 e. The van der Waals surface area contributed by atoms with Gasteiger partial charge < -0.3 is 16.0 Å². The Morgan fingerprint density at radius 2 is 2.00 bits per heavy atom. The fourth-order valence-electron chi connectivity index (χ4n) is 3.04. The van der Waals surface area contributed by atoms with E-state index in [1.54, 1.807) is 0 Å². The van der Waals surface area contributed by atoms with Gasteiger partial charge in [-0.25, -0.2) is 0 Å². The normalized spacial score (nSPS) is 19.2. The van der Waals surface area contributed by atoms with E-state index in [1.807, 2.05) is 49.1 Å². The molecule has 1 heterocycles. The number of piperidine rings is 1. The lowest BCUT2D eigenvalue weighted by atomic mass is 9.96. The fraction of sp³-hybridized carbons (Fsp3) is 0.579. The van der Waals surface area contributed by atoms with Crippen molar-refractivity contribution in [3.8, 4) is 0 Å². The monoisotopic (exact) mass is 331 g/mol. The summed E-state index contributed by atoms with van der Waals surface area (Å²) in [5.74, 6) is 0.504. The van der Waals surface area contributed by atoms with Gasteiger partial charge in [-0.3, -0.25) is 9.59 Å². The molecule has 1 fully saturated rings. The number of hydrogen-bond donors (Lipinski definition) is 2. The Labute approximate surface area is 144 Å². The van der Waals surface area contributed by atoms with Gasteiger partial charge in [0.05, 0.1) is 0 Å². The molecule has 1 aliphatic heterocycles. The van der Waals surface area contributed by atoms with Crippen LogP contribution in [0.3, 0.4) is 0 Å². The maximum absolute atomic E-state index is 12.5. The summed E-state index contributed by atoms with van der Waals surface area (Å²) in [6.07, 6.45) is 2.36. The molecule has 0 aromatic heterocycles. The standard InChI is InChI=1S/C19H29N3O2/c1-14(2)19(24)21-12-15-7-6-10-22(13-15)18(23)11-17(20)16-8-4-3-5-9-16/h3-5,8-9,14-15,17H,6-7,10-13,20H2,1-2H3,(H,21,24). The number of amides is 2. The summed E-state index contributed by atoms with van der Waals surface area (Å²) in [4.78, 5) is 26.1. The zero-order chi connectivity index (χ0) is 17.5. The first-order valence-electron chi connectivity index (χ1n) is 8.83. The van der Waals surface area contributed by atoms with Crippen LogP contribution in [0.2, 0.25) is 0 Å². The second kappa shape index (κ2) is 8.83. The van der Waals surface area contributed by atoms with E-state index in [-0.39, 0.29) is 23.8 Å². The zero-order valence-corrected chi connectivity index (χ0v) is 14.7. The molecule has 0 spiro atoms. The third-order valence-corrected chi connectivity index (χ3v) is 4.58. The quantitative estimate of drug-likeness (QED) is 0.838. The Bertz CT molecular complexity index is 545. The van der Waals surface area contributed by atoms with Crippen LogP contribution in [0.25, 0.3) is 0 Å². The lowest BCUT2D eigenvalue weighted by Gasteiger charge is -2.33. The van der Waals surface area contributed by atoms with Crippen LogP contribution in [-0.4, -0.2) is 36.3 Å². The Hall–Kier alpha value is -1.88. The lowest BCUT2D eigenvalue weighted by molar-refractivity contribution is -0.133. The minimum Gasteiger partial charge on any atom is -0.356 e. The summed E-state index contributed by atoms with van der Waals surface area (Å²) >= 11 is 0. The van der Waals surface area contributed by atoms with E-state index in [4.69, 9.17) is 5.73 Å². The lowest BCUT2D eigenvalue weighted by Crippen LogP contribution is -2.44. The molecule has 2 atom stereocenters. The predicted octanol–water partition coefficient (Wildman–Crippen LogP) is 2.09. The van der Waals surface area contributed by atoms with Gasteiger partial charge in [0.1, 0.15) is 0 Å². The number of carbonyl (C=O) groups is 2. The van der Waals surface area contributed by atoms with Crippen molar-refractivity contribution in [3.05, 3.63) is 35.9 Å². The summed E-state index contributed by atoms with van der Waals surface area (Å²) < 4.78 is 0. The van der Waals surface area contributed by atoms with Gasteiger partial charge in [0.25, 0.3) is 0 Å². The Morgan fingerprint density at radius 1 is 1.29 bits per heavy atom. The second-order valence-corrected chi connectivity index (χ2v) is 6.97. The molecule has 0 bridgehead atoms. The molecule has 5 nitrogen and oxygen atoms in total. The molecule has 5 heteroatoms. The van der Waals surface area contributed by atoms with Crippen LogP contribution >= 0.6 is 0 Å². The van der Waals surface area contributed by atoms with Gasteiger partial charge in [0.15, 0.2) is 0 Å². The van der Waals surface area contributed by atoms with Crippen LogP contribution in [0.1, 0.15) is 44.7 Å². The van der Waals surface area contributed by atoms with Crippen LogP contribution in [-0.2, 0) is 9.59 Å². The van der Waals surface area contributed by atoms with E-state index in [9.17, 15) is 9.59 Å². The summed E-state index contributed by atoms with van der Waals surface area (Å²) in [5.41, 5.74) is 7.15. The molecular formula is C19H29N3O2. The number of nitrogens with zero attached hydrogens (tertiary/aromatic N) is 1. The van der Waals surface area contributed by atoms with Crippen molar-refractivity contribution in [2.75, 3.05) is 19.6 Å². The van der Waals surface area contributed by atoms with Crippen molar-refractivity contribution in [3.63, 3.8) is 0 Å². The number of nitrogens with two attached hydrogens (primary N) is 1. The molecule has 0 radical (unpaired) electrons. The number of rotatable bonds is 6. The molecule has 1 aromatic carbocycles. The van der Waals surface area contributed by atoms with Crippen molar-refractivity contribution in [2.24, 2.45) is 17.6 Å². The van der Waals surface area contributed by atoms with Crippen LogP contribution in [0, 0.1) is 11.8 Å². The van der Waals surface area contributed by atoms with Crippen LogP contribution in [0.15, 0.2) is 30.3 Å². The first-order chi connectivity index (χ1) is 11.5. The van der Waals surface area contributed by atoms with Gasteiger partial charge in [0.2, 0.25) is 11.8 Å². The van der Waals surface area contributed by atoms with E-state index in [0.29, 0.717) is 25.4 Å². The van der Waals surface area contributed by atoms with Crippen molar-refractivity contribution >= 4 is 11.8 Å². The van der Waals surface area contributed by atoms with Crippen LogP contribution in [0.4, 0.5) is 0 Å². The average Bonchev–Trinajstić information content (AvgIpc) is 2.60. The number of carbonyl (C=O) groups excluding carboxylic acids is 2. The molecule has 0 saturated carbocycles. The van der Waals surface area contributed by atoms with E-state index in [1.165, 1.54) is 0 Å². The highest BCUT2D eigenvalue weighted by atomic mass is 16.2. The summed E-state index contributed by atoms with van der Waals surface area (Å²) in [6.45, 7) is 5.91. The van der Waals surface area contributed by atoms with Gasteiger partial charge in [-0.05, 0) is 24.3 Å². The van der Waals surface area contributed by atoms with Crippen molar-refractivity contribution in [1.82, 2.24) is 10.2 Å². The van der Waals surface area contributed by atoms with Gasteiger partial charge >= 0.3 is 0 Å².